The zero-order chi connectivity index (χ0) is 12.3. The number of benzene rings is 1. The van der Waals surface area contributed by atoms with Gasteiger partial charge in [-0.2, -0.15) is 0 Å². The van der Waals surface area contributed by atoms with E-state index < -0.39 is 0 Å². The second kappa shape index (κ2) is 5.32. The lowest BCUT2D eigenvalue weighted by molar-refractivity contribution is -0.130. The molecule has 0 saturated carbocycles. The first kappa shape index (κ1) is 12.1. The van der Waals surface area contributed by atoms with E-state index >= 15 is 0 Å². The van der Waals surface area contributed by atoms with Gasteiger partial charge >= 0.3 is 0 Å². The maximum atomic E-state index is 12.2. The fraction of sp³-hybridized carbons (Fsp3) is 0.500. The van der Waals surface area contributed by atoms with Gasteiger partial charge < -0.3 is 9.64 Å². The number of carbonyl (C=O) groups is 1. The van der Waals surface area contributed by atoms with Gasteiger partial charge in [0.05, 0.1) is 0 Å². The molecule has 1 amide bonds. The molecule has 1 atom stereocenters. The lowest BCUT2D eigenvalue weighted by Crippen LogP contribution is -2.45. The molecule has 0 saturated heterocycles. The van der Waals surface area contributed by atoms with Crippen LogP contribution in [0.25, 0.3) is 0 Å². The SMILES string of the molecule is CCCOC1Cc2ccccc2N(CC)C1=O. The molecule has 1 aliphatic rings. The number of ether oxygens (including phenoxy) is 1. The van der Waals surface area contributed by atoms with Crippen molar-refractivity contribution in [3.8, 4) is 0 Å². The topological polar surface area (TPSA) is 29.5 Å². The number of hydrogen-bond donors (Lipinski definition) is 0. The Morgan fingerprint density at radius 2 is 2.12 bits per heavy atom. The van der Waals surface area contributed by atoms with Crippen LogP contribution in [0.15, 0.2) is 24.3 Å². The minimum Gasteiger partial charge on any atom is -0.368 e. The summed E-state index contributed by atoms with van der Waals surface area (Å²) in [6.45, 7) is 5.40. The molecule has 0 bridgehead atoms. The molecule has 1 heterocycles. The van der Waals surface area contributed by atoms with E-state index in [-0.39, 0.29) is 12.0 Å². The molecule has 0 spiro atoms. The summed E-state index contributed by atoms with van der Waals surface area (Å²) in [6.07, 6.45) is 1.34. The number of para-hydroxylation sites is 1. The zero-order valence-electron chi connectivity index (χ0n) is 10.5. The Morgan fingerprint density at radius 1 is 1.35 bits per heavy atom. The standard InChI is InChI=1S/C14H19NO2/c1-3-9-17-13-10-11-7-5-6-8-12(11)15(4-2)14(13)16/h5-8,13H,3-4,9-10H2,1-2H3. The number of fused-ring (bicyclic) bond motifs is 1. The molecular formula is C14H19NO2. The predicted molar refractivity (Wildman–Crippen MR) is 68.2 cm³/mol. The van der Waals surface area contributed by atoms with Crippen molar-refractivity contribution in [2.45, 2.75) is 32.8 Å². The quantitative estimate of drug-likeness (QED) is 0.799. The van der Waals surface area contributed by atoms with Crippen molar-refractivity contribution >= 4 is 11.6 Å². The lowest BCUT2D eigenvalue weighted by Gasteiger charge is -2.33. The van der Waals surface area contributed by atoms with Gasteiger partial charge in [0.2, 0.25) is 0 Å². The second-order valence-electron chi connectivity index (χ2n) is 4.27. The van der Waals surface area contributed by atoms with Gasteiger partial charge in [0.25, 0.3) is 5.91 Å². The maximum Gasteiger partial charge on any atom is 0.256 e. The Kier molecular flexibility index (Phi) is 3.79. The summed E-state index contributed by atoms with van der Waals surface area (Å²) >= 11 is 0. The van der Waals surface area contributed by atoms with E-state index in [9.17, 15) is 4.79 Å². The molecule has 3 heteroatoms. The molecule has 0 aliphatic carbocycles. The maximum absolute atomic E-state index is 12.2. The first-order valence-electron chi connectivity index (χ1n) is 6.28. The van der Waals surface area contributed by atoms with Crippen molar-refractivity contribution in [2.75, 3.05) is 18.1 Å². The minimum atomic E-state index is -0.301. The molecule has 2 rings (SSSR count). The van der Waals surface area contributed by atoms with Crippen LogP contribution in [0, 0.1) is 0 Å². The van der Waals surface area contributed by atoms with Crippen LogP contribution in [0.4, 0.5) is 5.69 Å². The first-order valence-corrected chi connectivity index (χ1v) is 6.28. The summed E-state index contributed by atoms with van der Waals surface area (Å²) in [5, 5.41) is 0. The van der Waals surface area contributed by atoms with Gasteiger partial charge in [0.1, 0.15) is 6.10 Å². The third-order valence-corrected chi connectivity index (χ3v) is 3.07. The Balaban J connectivity index is 2.25. The smallest absolute Gasteiger partial charge is 0.256 e. The van der Waals surface area contributed by atoms with Crippen molar-refractivity contribution in [1.82, 2.24) is 0 Å². The van der Waals surface area contributed by atoms with Gasteiger partial charge in [-0.15, -0.1) is 0 Å². The van der Waals surface area contributed by atoms with Crippen LogP contribution >= 0.6 is 0 Å². The Morgan fingerprint density at radius 3 is 2.82 bits per heavy atom. The molecular weight excluding hydrogens is 214 g/mol. The molecule has 92 valence electrons. The van der Waals surface area contributed by atoms with Crippen LogP contribution in [0.1, 0.15) is 25.8 Å². The number of anilines is 1. The number of likely N-dealkylation sites (N-methyl/N-ethyl adjacent to an activating group) is 1. The highest BCUT2D eigenvalue weighted by Crippen LogP contribution is 2.28. The monoisotopic (exact) mass is 233 g/mol. The minimum absolute atomic E-state index is 0.0969. The van der Waals surface area contributed by atoms with Crippen LogP contribution in [-0.4, -0.2) is 25.2 Å². The molecule has 1 aliphatic heterocycles. The summed E-state index contributed by atoms with van der Waals surface area (Å²) in [4.78, 5) is 14.0. The van der Waals surface area contributed by atoms with Crippen molar-refractivity contribution in [3.63, 3.8) is 0 Å². The van der Waals surface area contributed by atoms with Crippen molar-refractivity contribution in [1.29, 1.82) is 0 Å². The van der Waals surface area contributed by atoms with Crippen molar-refractivity contribution in [3.05, 3.63) is 29.8 Å². The number of amides is 1. The summed E-state index contributed by atoms with van der Waals surface area (Å²) in [5.41, 5.74) is 2.24. The molecule has 0 N–H and O–H groups in total. The molecule has 1 unspecified atom stereocenters. The number of carbonyl (C=O) groups excluding carboxylic acids is 1. The average molecular weight is 233 g/mol. The van der Waals surface area contributed by atoms with E-state index in [0.29, 0.717) is 19.6 Å². The van der Waals surface area contributed by atoms with Crippen LogP contribution in [0.3, 0.4) is 0 Å². The number of rotatable bonds is 4. The Labute approximate surface area is 102 Å². The third-order valence-electron chi connectivity index (χ3n) is 3.07. The number of nitrogens with zero attached hydrogens (tertiary/aromatic N) is 1. The Bertz CT molecular complexity index is 403. The largest absolute Gasteiger partial charge is 0.368 e. The van der Waals surface area contributed by atoms with E-state index in [0.717, 1.165) is 12.1 Å². The molecule has 1 aromatic carbocycles. The predicted octanol–water partition coefficient (Wildman–Crippen LogP) is 2.39. The van der Waals surface area contributed by atoms with Gasteiger partial charge in [-0.3, -0.25) is 4.79 Å². The highest BCUT2D eigenvalue weighted by Gasteiger charge is 2.31. The van der Waals surface area contributed by atoms with E-state index in [4.69, 9.17) is 4.74 Å². The third kappa shape index (κ3) is 2.34. The van der Waals surface area contributed by atoms with Crippen molar-refractivity contribution in [2.24, 2.45) is 0 Å². The molecule has 0 aromatic heterocycles. The van der Waals surface area contributed by atoms with Crippen LogP contribution in [0.5, 0.6) is 0 Å². The van der Waals surface area contributed by atoms with Gasteiger partial charge in [0, 0.05) is 25.3 Å². The lowest BCUT2D eigenvalue weighted by atomic mass is 9.99. The normalized spacial score (nSPS) is 19.3. The summed E-state index contributed by atoms with van der Waals surface area (Å²) in [5.74, 6) is 0.0969. The summed E-state index contributed by atoms with van der Waals surface area (Å²) < 4.78 is 5.64. The summed E-state index contributed by atoms with van der Waals surface area (Å²) in [7, 11) is 0. The van der Waals surface area contributed by atoms with Gasteiger partial charge in [-0.1, -0.05) is 25.1 Å². The fourth-order valence-corrected chi connectivity index (χ4v) is 2.24. The van der Waals surface area contributed by atoms with Gasteiger partial charge in [-0.05, 0) is 25.0 Å². The number of hydrogen-bond acceptors (Lipinski definition) is 2. The highest BCUT2D eigenvalue weighted by molar-refractivity contribution is 5.99. The highest BCUT2D eigenvalue weighted by atomic mass is 16.5. The van der Waals surface area contributed by atoms with Gasteiger partial charge in [-0.25, -0.2) is 0 Å². The second-order valence-corrected chi connectivity index (χ2v) is 4.27. The molecule has 1 aromatic rings. The van der Waals surface area contributed by atoms with E-state index in [1.165, 1.54) is 5.56 Å². The van der Waals surface area contributed by atoms with Crippen molar-refractivity contribution < 1.29 is 9.53 Å². The van der Waals surface area contributed by atoms with E-state index in [2.05, 4.69) is 13.0 Å². The molecule has 0 radical (unpaired) electrons. The van der Waals surface area contributed by atoms with E-state index in [1.807, 2.05) is 30.0 Å². The molecule has 17 heavy (non-hydrogen) atoms. The van der Waals surface area contributed by atoms with Crippen LogP contribution < -0.4 is 4.90 Å². The molecule has 3 nitrogen and oxygen atoms in total. The zero-order valence-corrected chi connectivity index (χ0v) is 10.5. The summed E-state index contributed by atoms with van der Waals surface area (Å²) in [6, 6.07) is 8.07. The Hall–Kier alpha value is -1.35. The average Bonchev–Trinajstić information content (AvgIpc) is 2.36. The van der Waals surface area contributed by atoms with Crippen LogP contribution in [0.2, 0.25) is 0 Å². The van der Waals surface area contributed by atoms with E-state index in [1.54, 1.807) is 0 Å². The first-order chi connectivity index (χ1) is 8.27. The van der Waals surface area contributed by atoms with Crippen LogP contribution in [-0.2, 0) is 16.0 Å². The van der Waals surface area contributed by atoms with Gasteiger partial charge in [0.15, 0.2) is 0 Å². The fourth-order valence-electron chi connectivity index (χ4n) is 2.24. The molecule has 0 fully saturated rings.